The van der Waals surface area contributed by atoms with Gasteiger partial charge in [-0.25, -0.2) is 9.97 Å². The molecule has 12 heteroatoms. The van der Waals surface area contributed by atoms with Crippen LogP contribution in [0.4, 0.5) is 11.5 Å². The fraction of sp³-hybridized carbons (Fsp3) is 0.273. The number of rotatable bonds is 7. The molecule has 3 heterocycles. The van der Waals surface area contributed by atoms with Crippen molar-refractivity contribution in [3.05, 3.63) is 68.3 Å². The van der Waals surface area contributed by atoms with Crippen LogP contribution in [0, 0.1) is 21.4 Å². The lowest BCUT2D eigenvalue weighted by Gasteiger charge is -2.35. The summed E-state index contributed by atoms with van der Waals surface area (Å²) in [5, 5.41) is 22.7. The molecule has 2 aromatic heterocycles. The Morgan fingerprint density at radius 3 is 2.68 bits per heavy atom. The Bertz CT molecular complexity index is 1240. The molecular weight excluding hydrogens is 460 g/mol. The standard InChI is InChI=1S/C22H20N6O5S/c1-32-19-9-17(18(28(30)31)10-20(19)33-12-16-13-34-14-25-16)22(29)27-6-4-26(5-7-27)21-8-15(11-23)2-3-24-21/h2-3,8-10,13-14H,4-7,12H2,1H3. The molecule has 0 spiro atoms. The molecule has 0 aliphatic carbocycles. The average molecular weight is 481 g/mol. The fourth-order valence-corrected chi connectivity index (χ4v) is 4.12. The molecule has 1 fully saturated rings. The molecule has 1 aliphatic heterocycles. The summed E-state index contributed by atoms with van der Waals surface area (Å²) >= 11 is 1.41. The van der Waals surface area contributed by atoms with E-state index in [-0.39, 0.29) is 29.4 Å². The molecule has 0 unspecified atom stereocenters. The third-order valence-corrected chi connectivity index (χ3v) is 5.97. The Labute approximate surface area is 198 Å². The van der Waals surface area contributed by atoms with E-state index in [2.05, 4.69) is 16.0 Å². The number of amides is 1. The predicted molar refractivity (Wildman–Crippen MR) is 123 cm³/mol. The highest BCUT2D eigenvalue weighted by molar-refractivity contribution is 7.07. The summed E-state index contributed by atoms with van der Waals surface area (Å²) < 4.78 is 11.0. The third-order valence-electron chi connectivity index (χ3n) is 5.33. The number of methoxy groups -OCH3 is 1. The molecule has 0 atom stereocenters. The molecule has 0 N–H and O–H groups in total. The minimum atomic E-state index is -0.601. The summed E-state index contributed by atoms with van der Waals surface area (Å²) in [7, 11) is 1.41. The highest BCUT2D eigenvalue weighted by Crippen LogP contribution is 2.36. The van der Waals surface area contributed by atoms with E-state index in [1.807, 2.05) is 10.3 Å². The van der Waals surface area contributed by atoms with Crippen molar-refractivity contribution < 1.29 is 19.2 Å². The van der Waals surface area contributed by atoms with Crippen LogP contribution < -0.4 is 14.4 Å². The summed E-state index contributed by atoms with van der Waals surface area (Å²) in [6.07, 6.45) is 1.57. The van der Waals surface area contributed by atoms with E-state index in [1.165, 1.54) is 30.6 Å². The molecular formula is C22H20N6O5S. The highest BCUT2D eigenvalue weighted by atomic mass is 32.1. The summed E-state index contributed by atoms with van der Waals surface area (Å²) in [5.41, 5.74) is 2.42. The van der Waals surface area contributed by atoms with Crippen LogP contribution in [0.1, 0.15) is 21.6 Å². The molecule has 1 aromatic carbocycles. The van der Waals surface area contributed by atoms with Crippen LogP contribution >= 0.6 is 11.3 Å². The number of nitrogens with zero attached hydrogens (tertiary/aromatic N) is 6. The number of nitriles is 1. The van der Waals surface area contributed by atoms with Crippen LogP contribution in [0.25, 0.3) is 0 Å². The predicted octanol–water partition coefficient (Wildman–Crippen LogP) is 2.87. The minimum Gasteiger partial charge on any atom is -0.493 e. The van der Waals surface area contributed by atoms with E-state index in [0.717, 1.165) is 0 Å². The number of thiazole rings is 1. The van der Waals surface area contributed by atoms with Crippen LogP contribution in [-0.4, -0.2) is 59.0 Å². The first-order valence-corrected chi connectivity index (χ1v) is 11.2. The molecule has 0 saturated carbocycles. The zero-order valence-electron chi connectivity index (χ0n) is 18.2. The number of carbonyl (C=O) groups is 1. The van der Waals surface area contributed by atoms with Crippen LogP contribution in [0.2, 0.25) is 0 Å². The van der Waals surface area contributed by atoms with Gasteiger partial charge in [-0.05, 0) is 12.1 Å². The van der Waals surface area contributed by atoms with Crippen molar-refractivity contribution in [2.75, 3.05) is 38.2 Å². The van der Waals surface area contributed by atoms with Crippen LogP contribution in [0.15, 0.2) is 41.4 Å². The van der Waals surface area contributed by atoms with Crippen molar-refractivity contribution in [1.29, 1.82) is 5.26 Å². The largest absolute Gasteiger partial charge is 0.493 e. The first-order chi connectivity index (χ1) is 16.5. The quantitative estimate of drug-likeness (QED) is 0.369. The zero-order chi connectivity index (χ0) is 24.1. The smallest absolute Gasteiger partial charge is 0.286 e. The van der Waals surface area contributed by atoms with Gasteiger partial charge in [-0.3, -0.25) is 14.9 Å². The second kappa shape index (κ2) is 10.1. The molecule has 1 amide bonds. The summed E-state index contributed by atoms with van der Waals surface area (Å²) in [6.45, 7) is 1.77. The Kier molecular flexibility index (Phi) is 6.84. The maximum absolute atomic E-state index is 13.2. The monoisotopic (exact) mass is 480 g/mol. The van der Waals surface area contributed by atoms with Crippen molar-refractivity contribution in [2.24, 2.45) is 0 Å². The Morgan fingerprint density at radius 2 is 2.03 bits per heavy atom. The van der Waals surface area contributed by atoms with Crippen LogP contribution in [-0.2, 0) is 6.61 Å². The highest BCUT2D eigenvalue weighted by Gasteiger charge is 2.30. The molecule has 3 aromatic rings. The fourth-order valence-electron chi connectivity index (χ4n) is 3.57. The van der Waals surface area contributed by atoms with Crippen LogP contribution in [0.3, 0.4) is 0 Å². The lowest BCUT2D eigenvalue weighted by Crippen LogP contribution is -2.49. The number of hydrogen-bond acceptors (Lipinski definition) is 10. The topological polar surface area (TPSA) is 135 Å². The van der Waals surface area contributed by atoms with Gasteiger partial charge in [0.2, 0.25) is 0 Å². The minimum absolute atomic E-state index is 0.0686. The van der Waals surface area contributed by atoms with Crippen LogP contribution in [0.5, 0.6) is 11.5 Å². The number of piperazine rings is 1. The van der Waals surface area contributed by atoms with E-state index in [0.29, 0.717) is 43.3 Å². The van der Waals surface area contributed by atoms with Gasteiger partial charge in [0.1, 0.15) is 18.0 Å². The number of hydrogen-bond donors (Lipinski definition) is 0. The van der Waals surface area contributed by atoms with Gasteiger partial charge in [-0.2, -0.15) is 5.26 Å². The van der Waals surface area contributed by atoms with Crippen molar-refractivity contribution in [3.8, 4) is 17.6 Å². The van der Waals surface area contributed by atoms with E-state index in [9.17, 15) is 14.9 Å². The Morgan fingerprint density at radius 1 is 1.24 bits per heavy atom. The zero-order valence-corrected chi connectivity index (χ0v) is 19.0. The Balaban J connectivity index is 1.52. The number of carbonyl (C=O) groups excluding carboxylic acids is 1. The van der Waals surface area contributed by atoms with Crippen molar-refractivity contribution in [3.63, 3.8) is 0 Å². The van der Waals surface area contributed by atoms with Gasteiger partial charge >= 0.3 is 0 Å². The maximum atomic E-state index is 13.2. The lowest BCUT2D eigenvalue weighted by molar-refractivity contribution is -0.385. The number of pyridine rings is 1. The van der Waals surface area contributed by atoms with Gasteiger partial charge in [-0.15, -0.1) is 11.3 Å². The van der Waals surface area contributed by atoms with Gasteiger partial charge in [-0.1, -0.05) is 0 Å². The summed E-state index contributed by atoms with van der Waals surface area (Å²) in [5.74, 6) is 0.571. The lowest BCUT2D eigenvalue weighted by atomic mass is 10.1. The molecule has 174 valence electrons. The van der Waals surface area contributed by atoms with Crippen molar-refractivity contribution in [2.45, 2.75) is 6.61 Å². The van der Waals surface area contributed by atoms with Gasteiger partial charge in [0, 0.05) is 43.8 Å². The Hall–Kier alpha value is -4.24. The van der Waals surface area contributed by atoms with Gasteiger partial charge in [0.05, 0.1) is 40.9 Å². The number of anilines is 1. The third kappa shape index (κ3) is 4.89. The van der Waals surface area contributed by atoms with E-state index >= 15 is 0 Å². The molecule has 4 rings (SSSR count). The second-order valence-corrected chi connectivity index (χ2v) is 8.06. The maximum Gasteiger partial charge on any atom is 0.286 e. The van der Waals surface area contributed by atoms with Gasteiger partial charge in [0.15, 0.2) is 11.5 Å². The molecule has 0 radical (unpaired) electrons. The summed E-state index contributed by atoms with van der Waals surface area (Å²) in [4.78, 5) is 36.3. The average Bonchev–Trinajstić information content (AvgIpc) is 3.40. The van der Waals surface area contributed by atoms with Gasteiger partial charge < -0.3 is 19.3 Å². The second-order valence-electron chi connectivity index (χ2n) is 7.34. The van der Waals surface area contributed by atoms with Crippen molar-refractivity contribution in [1.82, 2.24) is 14.9 Å². The SMILES string of the molecule is COc1cc(C(=O)N2CCN(c3cc(C#N)ccn3)CC2)c([N+](=O)[O-])cc1OCc1cscn1. The first kappa shape index (κ1) is 22.9. The molecule has 11 nitrogen and oxygen atoms in total. The first-order valence-electron chi connectivity index (χ1n) is 10.3. The molecule has 34 heavy (non-hydrogen) atoms. The number of nitro groups is 1. The number of benzene rings is 1. The molecule has 0 bridgehead atoms. The molecule has 1 aliphatic rings. The van der Waals surface area contributed by atoms with Crippen molar-refractivity contribution >= 4 is 28.7 Å². The van der Waals surface area contributed by atoms with E-state index in [1.54, 1.807) is 28.7 Å². The van der Waals surface area contributed by atoms with E-state index < -0.39 is 10.8 Å². The number of aromatic nitrogens is 2. The molecule has 1 saturated heterocycles. The number of nitro benzene ring substituents is 1. The summed E-state index contributed by atoms with van der Waals surface area (Å²) in [6, 6.07) is 7.96. The number of ether oxygens (including phenoxy) is 2. The van der Waals surface area contributed by atoms with E-state index in [4.69, 9.17) is 14.7 Å². The van der Waals surface area contributed by atoms with Gasteiger partial charge in [0.25, 0.3) is 11.6 Å². The normalized spacial score (nSPS) is 13.3.